The minimum Gasteiger partial charge on any atom is -0.506 e. The van der Waals surface area contributed by atoms with Gasteiger partial charge in [0.15, 0.2) is 0 Å². The summed E-state index contributed by atoms with van der Waals surface area (Å²) in [7, 11) is 0. The van der Waals surface area contributed by atoms with Crippen LogP contribution in [-0.4, -0.2) is 20.1 Å². The number of aromatic hydroxyl groups is 1. The van der Waals surface area contributed by atoms with Crippen molar-refractivity contribution in [2.45, 2.75) is 46.0 Å². The first kappa shape index (κ1) is 15.5. The molecule has 3 aromatic rings. The van der Waals surface area contributed by atoms with Crippen LogP contribution in [0.25, 0.3) is 16.7 Å². The molecule has 0 fully saturated rings. The maximum Gasteiger partial charge on any atom is 0.143 e. The first-order valence-corrected chi connectivity index (χ1v) is 8.33. The van der Waals surface area contributed by atoms with Gasteiger partial charge in [0.1, 0.15) is 22.5 Å². The summed E-state index contributed by atoms with van der Waals surface area (Å²) in [5.74, 6) is 0.208. The Morgan fingerprint density at radius 3 is 2.61 bits per heavy atom. The van der Waals surface area contributed by atoms with Gasteiger partial charge in [-0.15, -0.1) is 15.0 Å². The molecule has 3 rings (SSSR count). The van der Waals surface area contributed by atoms with Gasteiger partial charge in [-0.05, 0) is 55.2 Å². The first-order valence-electron chi connectivity index (χ1n) is 8.33. The van der Waals surface area contributed by atoms with Crippen LogP contribution in [0.3, 0.4) is 0 Å². The molecule has 0 radical (unpaired) electrons. The van der Waals surface area contributed by atoms with Gasteiger partial charge in [-0.1, -0.05) is 38.3 Å². The number of aryl methyl sites for hydroxylation is 2. The van der Waals surface area contributed by atoms with E-state index in [4.69, 9.17) is 0 Å². The molecule has 1 heterocycles. The van der Waals surface area contributed by atoms with Crippen LogP contribution < -0.4 is 0 Å². The van der Waals surface area contributed by atoms with Crippen LogP contribution in [0.1, 0.15) is 43.7 Å². The highest BCUT2D eigenvalue weighted by molar-refractivity contribution is 5.74. The van der Waals surface area contributed by atoms with Crippen LogP contribution in [0.4, 0.5) is 0 Å². The van der Waals surface area contributed by atoms with Crippen LogP contribution in [0, 0.1) is 6.92 Å². The van der Waals surface area contributed by atoms with Crippen molar-refractivity contribution in [1.82, 2.24) is 15.0 Å². The van der Waals surface area contributed by atoms with E-state index >= 15 is 0 Å². The van der Waals surface area contributed by atoms with E-state index in [-0.39, 0.29) is 5.75 Å². The van der Waals surface area contributed by atoms with Crippen LogP contribution >= 0.6 is 0 Å². The van der Waals surface area contributed by atoms with Crippen LogP contribution in [0.15, 0.2) is 36.4 Å². The lowest BCUT2D eigenvalue weighted by molar-refractivity contribution is 0.467. The molecule has 0 aliphatic heterocycles. The highest BCUT2D eigenvalue weighted by Crippen LogP contribution is 2.24. The van der Waals surface area contributed by atoms with Crippen LogP contribution in [0.5, 0.6) is 5.75 Å². The second-order valence-corrected chi connectivity index (χ2v) is 6.12. The lowest BCUT2D eigenvalue weighted by Gasteiger charge is -2.07. The minimum absolute atomic E-state index is 0.208. The summed E-state index contributed by atoms with van der Waals surface area (Å²) in [6.45, 7) is 4.25. The highest BCUT2D eigenvalue weighted by atomic mass is 16.3. The monoisotopic (exact) mass is 309 g/mol. The number of hydrogen-bond donors (Lipinski definition) is 1. The fourth-order valence-electron chi connectivity index (χ4n) is 2.77. The van der Waals surface area contributed by atoms with E-state index in [2.05, 4.69) is 17.1 Å². The number of aromatic nitrogens is 3. The molecule has 2 aromatic carbocycles. The van der Waals surface area contributed by atoms with Gasteiger partial charge in [-0.2, -0.15) is 0 Å². The van der Waals surface area contributed by atoms with Crippen molar-refractivity contribution in [3.8, 4) is 11.4 Å². The average molecular weight is 309 g/mol. The fourth-order valence-corrected chi connectivity index (χ4v) is 2.77. The minimum atomic E-state index is 0.208. The maximum atomic E-state index is 10.2. The van der Waals surface area contributed by atoms with Gasteiger partial charge in [0.05, 0.1) is 0 Å². The summed E-state index contributed by atoms with van der Waals surface area (Å²) in [6.07, 6.45) is 5.95. The number of rotatable bonds is 6. The number of benzene rings is 2. The summed E-state index contributed by atoms with van der Waals surface area (Å²) < 4.78 is 0. The molecule has 0 saturated carbocycles. The first-order chi connectivity index (χ1) is 11.2. The number of unbranched alkanes of at least 4 members (excludes halogenated alkanes) is 3. The molecule has 0 atom stereocenters. The van der Waals surface area contributed by atoms with Gasteiger partial charge < -0.3 is 5.11 Å². The Morgan fingerprint density at radius 1 is 0.957 bits per heavy atom. The second-order valence-electron chi connectivity index (χ2n) is 6.12. The third-order valence-electron chi connectivity index (χ3n) is 4.11. The molecule has 23 heavy (non-hydrogen) atoms. The summed E-state index contributed by atoms with van der Waals surface area (Å²) in [6, 6.07) is 11.7. The molecule has 0 amide bonds. The van der Waals surface area contributed by atoms with E-state index in [1.54, 1.807) is 6.07 Å². The van der Waals surface area contributed by atoms with Crippen LogP contribution in [0.2, 0.25) is 0 Å². The van der Waals surface area contributed by atoms with Crippen LogP contribution in [-0.2, 0) is 6.42 Å². The van der Waals surface area contributed by atoms with Gasteiger partial charge in [0.2, 0.25) is 0 Å². The predicted molar refractivity (Wildman–Crippen MR) is 93.1 cm³/mol. The molecule has 4 nitrogen and oxygen atoms in total. The number of phenolic OH excluding ortho intramolecular Hbond substituents is 1. The quantitative estimate of drug-likeness (QED) is 0.679. The fraction of sp³-hybridized carbons (Fsp3) is 0.368. The summed E-state index contributed by atoms with van der Waals surface area (Å²) in [4.78, 5) is 1.54. The normalized spacial score (nSPS) is 11.2. The Kier molecular flexibility index (Phi) is 4.60. The third kappa shape index (κ3) is 3.52. The Bertz CT molecular complexity index is 807. The van der Waals surface area contributed by atoms with Gasteiger partial charge in [-0.3, -0.25) is 0 Å². The Labute approximate surface area is 136 Å². The van der Waals surface area contributed by atoms with Crippen molar-refractivity contribution in [2.24, 2.45) is 0 Å². The summed E-state index contributed by atoms with van der Waals surface area (Å²) in [5, 5.41) is 19.2. The van der Waals surface area contributed by atoms with E-state index in [9.17, 15) is 5.11 Å². The molecule has 0 bridgehead atoms. The second kappa shape index (κ2) is 6.82. The molecule has 0 spiro atoms. The topological polar surface area (TPSA) is 50.9 Å². The van der Waals surface area contributed by atoms with Crippen molar-refractivity contribution in [1.29, 1.82) is 0 Å². The molecule has 1 aromatic heterocycles. The lowest BCUT2D eigenvalue weighted by atomic mass is 10.1. The van der Waals surface area contributed by atoms with Gasteiger partial charge in [0, 0.05) is 0 Å². The van der Waals surface area contributed by atoms with Gasteiger partial charge in [-0.25, -0.2) is 0 Å². The van der Waals surface area contributed by atoms with E-state index in [1.807, 2.05) is 37.3 Å². The smallest absolute Gasteiger partial charge is 0.143 e. The zero-order valence-corrected chi connectivity index (χ0v) is 13.8. The Hall–Kier alpha value is -2.36. The molecule has 0 aliphatic rings. The van der Waals surface area contributed by atoms with E-state index in [1.165, 1.54) is 36.0 Å². The number of hydrogen-bond acceptors (Lipinski definition) is 3. The molecule has 0 saturated heterocycles. The molecular formula is C19H23N3O. The zero-order chi connectivity index (χ0) is 16.2. The molecular weight excluding hydrogens is 286 g/mol. The van der Waals surface area contributed by atoms with Gasteiger partial charge in [0.25, 0.3) is 0 Å². The molecule has 120 valence electrons. The average Bonchev–Trinajstić information content (AvgIpc) is 2.95. The highest BCUT2D eigenvalue weighted by Gasteiger charge is 2.10. The zero-order valence-electron chi connectivity index (χ0n) is 13.8. The van der Waals surface area contributed by atoms with Crippen molar-refractivity contribution < 1.29 is 5.11 Å². The predicted octanol–water partition coefficient (Wildman–Crippen LogP) is 4.56. The maximum absolute atomic E-state index is 10.2. The molecule has 4 heteroatoms. The number of phenols is 1. The SMILES string of the molecule is CCCCCCc1ccc(O)c(-n2nc3ccc(C)cc3n2)c1. The van der Waals surface area contributed by atoms with E-state index < -0.39 is 0 Å². The van der Waals surface area contributed by atoms with Crippen molar-refractivity contribution in [3.05, 3.63) is 47.5 Å². The Balaban J connectivity index is 1.87. The number of nitrogens with zero attached hydrogens (tertiary/aromatic N) is 3. The largest absolute Gasteiger partial charge is 0.506 e. The summed E-state index contributed by atoms with van der Waals surface area (Å²) >= 11 is 0. The van der Waals surface area contributed by atoms with E-state index in [0.29, 0.717) is 5.69 Å². The summed E-state index contributed by atoms with van der Waals surface area (Å²) in [5.41, 5.74) is 4.69. The third-order valence-corrected chi connectivity index (χ3v) is 4.11. The molecule has 0 aliphatic carbocycles. The molecule has 0 unspecified atom stereocenters. The van der Waals surface area contributed by atoms with Crippen molar-refractivity contribution in [3.63, 3.8) is 0 Å². The lowest BCUT2D eigenvalue weighted by Crippen LogP contribution is -2.00. The van der Waals surface area contributed by atoms with E-state index in [0.717, 1.165) is 23.0 Å². The van der Waals surface area contributed by atoms with Gasteiger partial charge >= 0.3 is 0 Å². The standard InChI is InChI=1S/C19H23N3O/c1-3-4-5-6-7-15-9-11-19(23)18(13-15)22-20-16-10-8-14(2)12-17(16)21-22/h8-13,23H,3-7H2,1-2H3. The van der Waals surface area contributed by atoms with Crippen molar-refractivity contribution >= 4 is 11.0 Å². The Morgan fingerprint density at radius 2 is 1.78 bits per heavy atom. The molecule has 1 N–H and O–H groups in total. The van der Waals surface area contributed by atoms with Crippen molar-refractivity contribution in [2.75, 3.05) is 0 Å². The number of fused-ring (bicyclic) bond motifs is 1.